The molecule has 1 aromatic heterocycles. The number of rotatable bonds is 2. The third-order valence-corrected chi connectivity index (χ3v) is 2.97. The summed E-state index contributed by atoms with van der Waals surface area (Å²) in [6.07, 6.45) is 3.78. The van der Waals surface area contributed by atoms with Crippen LogP contribution in [0.3, 0.4) is 0 Å². The van der Waals surface area contributed by atoms with Crippen molar-refractivity contribution >= 4 is 20.1 Å². The van der Waals surface area contributed by atoms with E-state index < -0.39 is 0 Å². The topological polar surface area (TPSA) is 12.9 Å². The summed E-state index contributed by atoms with van der Waals surface area (Å²) < 4.78 is 1.43. The Morgan fingerprint density at radius 3 is 3.11 bits per heavy atom. The molecule has 9 heavy (non-hydrogen) atoms. The van der Waals surface area contributed by atoms with Crippen LogP contribution in [0.15, 0.2) is 24.5 Å². The summed E-state index contributed by atoms with van der Waals surface area (Å²) in [5, 5.41) is 1.29. The molecule has 0 fully saturated rings. The molecule has 1 nitrogen and oxygen atoms in total. The van der Waals surface area contributed by atoms with Crippen molar-refractivity contribution in [2.45, 2.75) is 12.1 Å². The second-order valence-electron chi connectivity index (χ2n) is 1.69. The van der Waals surface area contributed by atoms with E-state index >= 15 is 0 Å². The van der Waals surface area contributed by atoms with E-state index in [0.717, 1.165) is 0 Å². The number of aromatic nitrogens is 1. The minimum absolute atomic E-state index is 0.397. The van der Waals surface area contributed by atoms with Crippen LogP contribution < -0.4 is 4.35 Å². The van der Waals surface area contributed by atoms with Crippen molar-refractivity contribution in [2.75, 3.05) is 0 Å². The third-order valence-electron chi connectivity index (χ3n) is 0.987. The Bertz CT molecular complexity index is 162. The van der Waals surface area contributed by atoms with Crippen LogP contribution in [0.25, 0.3) is 0 Å². The molecule has 0 aromatic carbocycles. The molecule has 0 amide bonds. The second kappa shape index (κ2) is 3.68. The van der Waals surface area contributed by atoms with E-state index in [0.29, 0.717) is 15.8 Å². The van der Waals surface area contributed by atoms with E-state index in [4.69, 9.17) is 0 Å². The minimum atomic E-state index is 0.397. The first kappa shape index (κ1) is 6.82. The first-order valence-corrected chi connectivity index (χ1v) is 5.27. The standard InChI is InChI=1S/C7H9AsN/c1-2-8-7-4-3-5-9-6-7/h3-6H,2H2,1H3. The zero-order chi connectivity index (χ0) is 6.53. The molecule has 1 heterocycles. The van der Waals surface area contributed by atoms with Gasteiger partial charge in [0.1, 0.15) is 0 Å². The van der Waals surface area contributed by atoms with E-state index in [1.165, 1.54) is 9.56 Å². The molecule has 47 valence electrons. The molecule has 1 radical (unpaired) electrons. The van der Waals surface area contributed by atoms with E-state index in [-0.39, 0.29) is 0 Å². The van der Waals surface area contributed by atoms with Crippen LogP contribution in [0.1, 0.15) is 6.92 Å². The molecule has 0 saturated carbocycles. The van der Waals surface area contributed by atoms with Gasteiger partial charge in [-0.2, -0.15) is 0 Å². The van der Waals surface area contributed by atoms with Crippen molar-refractivity contribution in [3.8, 4) is 0 Å². The van der Waals surface area contributed by atoms with E-state index in [2.05, 4.69) is 18.0 Å². The van der Waals surface area contributed by atoms with Gasteiger partial charge in [0.15, 0.2) is 0 Å². The summed E-state index contributed by atoms with van der Waals surface area (Å²) in [5.74, 6) is 0. The van der Waals surface area contributed by atoms with E-state index in [1.54, 1.807) is 0 Å². The van der Waals surface area contributed by atoms with Gasteiger partial charge in [-0.25, -0.2) is 0 Å². The molecule has 0 aliphatic carbocycles. The van der Waals surface area contributed by atoms with Crippen LogP contribution in [-0.4, -0.2) is 20.7 Å². The maximum atomic E-state index is 4.03. The SMILES string of the molecule is CC[As]c1cccnc1. The van der Waals surface area contributed by atoms with Crippen LogP contribution in [0, 0.1) is 0 Å². The van der Waals surface area contributed by atoms with Crippen LogP contribution in [-0.2, 0) is 0 Å². The molecule has 0 N–H and O–H groups in total. The zero-order valence-electron chi connectivity index (χ0n) is 5.41. The Labute approximate surface area is 62.2 Å². The van der Waals surface area contributed by atoms with Gasteiger partial charge in [0.25, 0.3) is 0 Å². The molecule has 1 rings (SSSR count). The fraction of sp³-hybridized carbons (Fsp3) is 0.286. The predicted molar refractivity (Wildman–Crippen MR) is 40.1 cm³/mol. The van der Waals surface area contributed by atoms with Crippen molar-refractivity contribution in [1.29, 1.82) is 0 Å². The molecule has 0 unspecified atom stereocenters. The number of nitrogens with zero attached hydrogens (tertiary/aromatic N) is 1. The molecule has 0 spiro atoms. The van der Waals surface area contributed by atoms with Gasteiger partial charge in [-0.05, 0) is 0 Å². The normalized spacial score (nSPS) is 10.8. The van der Waals surface area contributed by atoms with Crippen molar-refractivity contribution < 1.29 is 0 Å². The molecule has 0 aliphatic rings. The Morgan fingerprint density at radius 2 is 2.56 bits per heavy atom. The van der Waals surface area contributed by atoms with Crippen molar-refractivity contribution in [2.24, 2.45) is 0 Å². The van der Waals surface area contributed by atoms with Crippen LogP contribution in [0.4, 0.5) is 0 Å². The summed E-state index contributed by atoms with van der Waals surface area (Å²) in [7, 11) is 0. The second-order valence-corrected chi connectivity index (χ2v) is 4.76. The van der Waals surface area contributed by atoms with E-state index in [9.17, 15) is 0 Å². The molecule has 0 aliphatic heterocycles. The summed E-state index contributed by atoms with van der Waals surface area (Å²) in [4.78, 5) is 4.03. The Balaban J connectivity index is 2.61. The van der Waals surface area contributed by atoms with Crippen LogP contribution in [0.5, 0.6) is 0 Å². The third kappa shape index (κ3) is 2.19. The van der Waals surface area contributed by atoms with Gasteiger partial charge >= 0.3 is 61.7 Å². The number of hydrogen-bond donors (Lipinski definition) is 0. The van der Waals surface area contributed by atoms with Gasteiger partial charge in [-0.15, -0.1) is 0 Å². The van der Waals surface area contributed by atoms with Crippen LogP contribution >= 0.6 is 0 Å². The number of hydrogen-bond acceptors (Lipinski definition) is 1. The molecule has 2 heteroatoms. The summed E-state index contributed by atoms with van der Waals surface area (Å²) in [6.45, 7) is 2.22. The van der Waals surface area contributed by atoms with E-state index in [1.807, 2.05) is 18.5 Å². The molecule has 1 aromatic rings. The van der Waals surface area contributed by atoms with Gasteiger partial charge in [0.05, 0.1) is 0 Å². The molecular formula is C7H9AsN. The molecule has 0 atom stereocenters. The van der Waals surface area contributed by atoms with Crippen molar-refractivity contribution in [3.05, 3.63) is 24.5 Å². The van der Waals surface area contributed by atoms with Crippen LogP contribution in [0.2, 0.25) is 5.21 Å². The molecule has 0 bridgehead atoms. The fourth-order valence-corrected chi connectivity index (χ4v) is 2.11. The predicted octanol–water partition coefficient (Wildman–Crippen LogP) is 0.849. The maximum absolute atomic E-state index is 4.03. The summed E-state index contributed by atoms with van der Waals surface area (Å²) >= 11 is 0.397. The average Bonchev–Trinajstić information content (AvgIpc) is 1.91. The average molecular weight is 182 g/mol. The first-order chi connectivity index (χ1) is 4.43. The van der Waals surface area contributed by atoms with Gasteiger partial charge in [0.2, 0.25) is 0 Å². The molecule has 0 saturated heterocycles. The molecular weight excluding hydrogens is 173 g/mol. The quantitative estimate of drug-likeness (QED) is 0.618. The Hall–Kier alpha value is -0.292. The van der Waals surface area contributed by atoms with Gasteiger partial charge in [-0.3, -0.25) is 0 Å². The van der Waals surface area contributed by atoms with Crippen molar-refractivity contribution in [3.63, 3.8) is 0 Å². The first-order valence-electron chi connectivity index (χ1n) is 3.01. The Kier molecular flexibility index (Phi) is 2.79. The van der Waals surface area contributed by atoms with Gasteiger partial charge in [-0.1, -0.05) is 0 Å². The fourth-order valence-electron chi connectivity index (χ4n) is 0.630. The Morgan fingerprint density at radius 1 is 1.67 bits per heavy atom. The van der Waals surface area contributed by atoms with Gasteiger partial charge in [0, 0.05) is 0 Å². The van der Waals surface area contributed by atoms with Gasteiger partial charge < -0.3 is 0 Å². The van der Waals surface area contributed by atoms with Crippen molar-refractivity contribution in [1.82, 2.24) is 4.98 Å². The monoisotopic (exact) mass is 182 g/mol. The number of pyridine rings is 1. The zero-order valence-corrected chi connectivity index (χ0v) is 7.29. The summed E-state index contributed by atoms with van der Waals surface area (Å²) in [6, 6.07) is 4.15. The summed E-state index contributed by atoms with van der Waals surface area (Å²) in [5.41, 5.74) is 0.